The SMILES string of the molecule is NC1=Nc2cc(OCCCN3CCCC3)c(OCc3ccccc3)cc2C12CCC2. The molecule has 0 atom stereocenters. The first-order valence-electron chi connectivity index (χ1n) is 11.3. The maximum Gasteiger partial charge on any atom is 0.163 e. The Morgan fingerprint density at radius 3 is 2.47 bits per heavy atom. The van der Waals surface area contributed by atoms with Gasteiger partial charge in [0.2, 0.25) is 0 Å². The van der Waals surface area contributed by atoms with Crippen LogP contribution in [0.5, 0.6) is 11.5 Å². The maximum atomic E-state index is 6.34. The Morgan fingerprint density at radius 2 is 1.73 bits per heavy atom. The standard InChI is InChI=1S/C25H31N3O2/c26-24-25(10-6-11-25)20-16-22(30-18-19-8-2-1-3-9-19)23(17-21(20)27-24)29-15-7-14-28-12-4-5-13-28/h1-3,8-9,16-17H,4-7,10-15,18H2,(H2,26,27). The van der Waals surface area contributed by atoms with E-state index >= 15 is 0 Å². The second kappa shape index (κ2) is 8.31. The lowest BCUT2D eigenvalue weighted by atomic mass is 9.64. The van der Waals surface area contributed by atoms with E-state index in [1.54, 1.807) is 0 Å². The van der Waals surface area contributed by atoms with Crippen molar-refractivity contribution in [3.05, 3.63) is 53.6 Å². The van der Waals surface area contributed by atoms with E-state index in [0.29, 0.717) is 13.2 Å². The zero-order valence-electron chi connectivity index (χ0n) is 17.6. The van der Waals surface area contributed by atoms with Crippen molar-refractivity contribution in [3.8, 4) is 11.5 Å². The van der Waals surface area contributed by atoms with Crippen LogP contribution in [-0.2, 0) is 12.0 Å². The first kappa shape index (κ1) is 19.4. The van der Waals surface area contributed by atoms with E-state index in [9.17, 15) is 0 Å². The van der Waals surface area contributed by atoms with Crippen molar-refractivity contribution >= 4 is 11.5 Å². The van der Waals surface area contributed by atoms with Crippen LogP contribution in [0.25, 0.3) is 0 Å². The molecule has 158 valence electrons. The molecule has 2 heterocycles. The highest BCUT2D eigenvalue weighted by Crippen LogP contribution is 2.54. The average Bonchev–Trinajstić information content (AvgIpc) is 3.34. The van der Waals surface area contributed by atoms with Gasteiger partial charge in [-0.3, -0.25) is 0 Å². The van der Waals surface area contributed by atoms with E-state index in [2.05, 4.69) is 28.1 Å². The van der Waals surface area contributed by atoms with Gasteiger partial charge >= 0.3 is 0 Å². The topological polar surface area (TPSA) is 60.1 Å². The lowest BCUT2D eigenvalue weighted by Gasteiger charge is -2.39. The molecule has 2 fully saturated rings. The summed E-state index contributed by atoms with van der Waals surface area (Å²) < 4.78 is 12.5. The number of likely N-dealkylation sites (tertiary alicyclic amines) is 1. The van der Waals surface area contributed by atoms with E-state index in [4.69, 9.17) is 15.2 Å². The Labute approximate surface area is 178 Å². The van der Waals surface area contributed by atoms with Crippen molar-refractivity contribution in [2.45, 2.75) is 50.5 Å². The predicted molar refractivity (Wildman–Crippen MR) is 120 cm³/mol. The molecule has 1 saturated heterocycles. The van der Waals surface area contributed by atoms with Crippen LogP contribution in [0.1, 0.15) is 49.7 Å². The first-order valence-corrected chi connectivity index (χ1v) is 11.3. The fourth-order valence-electron chi connectivity index (χ4n) is 4.89. The van der Waals surface area contributed by atoms with Crippen LogP contribution < -0.4 is 15.2 Å². The summed E-state index contributed by atoms with van der Waals surface area (Å²) in [6.45, 7) is 4.74. The van der Waals surface area contributed by atoms with Gasteiger partial charge in [0.1, 0.15) is 12.4 Å². The van der Waals surface area contributed by atoms with Crippen LogP contribution in [0.2, 0.25) is 0 Å². The van der Waals surface area contributed by atoms with Gasteiger partial charge in [0.15, 0.2) is 11.5 Å². The number of amidine groups is 1. The highest BCUT2D eigenvalue weighted by molar-refractivity contribution is 6.00. The number of hydrogen-bond donors (Lipinski definition) is 1. The Bertz CT molecular complexity index is 915. The molecule has 5 heteroatoms. The summed E-state index contributed by atoms with van der Waals surface area (Å²) in [4.78, 5) is 7.21. The zero-order valence-corrected chi connectivity index (χ0v) is 17.6. The van der Waals surface area contributed by atoms with Gasteiger partial charge in [-0.2, -0.15) is 0 Å². The first-order chi connectivity index (χ1) is 14.7. The molecule has 1 aliphatic carbocycles. The quantitative estimate of drug-likeness (QED) is 0.655. The van der Waals surface area contributed by atoms with Gasteiger partial charge < -0.3 is 20.1 Å². The lowest BCUT2D eigenvalue weighted by molar-refractivity contribution is 0.240. The van der Waals surface area contributed by atoms with Crippen LogP contribution in [0.15, 0.2) is 47.5 Å². The molecule has 2 aliphatic heterocycles. The van der Waals surface area contributed by atoms with E-state index in [0.717, 1.165) is 54.4 Å². The van der Waals surface area contributed by atoms with Gasteiger partial charge in [0.05, 0.1) is 17.7 Å². The molecule has 1 spiro atoms. The van der Waals surface area contributed by atoms with Crippen molar-refractivity contribution in [2.24, 2.45) is 10.7 Å². The second-order valence-corrected chi connectivity index (χ2v) is 8.77. The van der Waals surface area contributed by atoms with Crippen LogP contribution >= 0.6 is 0 Å². The molecule has 0 unspecified atom stereocenters. The van der Waals surface area contributed by atoms with Crippen molar-refractivity contribution in [2.75, 3.05) is 26.2 Å². The maximum absolute atomic E-state index is 6.34. The van der Waals surface area contributed by atoms with Crippen LogP contribution in [0.4, 0.5) is 5.69 Å². The Balaban J connectivity index is 1.33. The largest absolute Gasteiger partial charge is 0.490 e. The van der Waals surface area contributed by atoms with Crippen molar-refractivity contribution in [3.63, 3.8) is 0 Å². The Kier molecular flexibility index (Phi) is 5.38. The molecule has 1 saturated carbocycles. The molecule has 3 aliphatic rings. The van der Waals surface area contributed by atoms with Crippen LogP contribution in [0, 0.1) is 0 Å². The van der Waals surface area contributed by atoms with Gasteiger partial charge in [-0.15, -0.1) is 0 Å². The fraction of sp³-hybridized carbons (Fsp3) is 0.480. The summed E-state index contributed by atoms with van der Waals surface area (Å²) in [6, 6.07) is 14.4. The summed E-state index contributed by atoms with van der Waals surface area (Å²) >= 11 is 0. The third-order valence-electron chi connectivity index (χ3n) is 6.83. The van der Waals surface area contributed by atoms with Crippen molar-refractivity contribution < 1.29 is 9.47 Å². The molecule has 0 bridgehead atoms. The Hall–Kier alpha value is -2.53. The number of nitrogens with two attached hydrogens (primary N) is 1. The molecule has 2 N–H and O–H groups in total. The molecule has 5 nitrogen and oxygen atoms in total. The molecular formula is C25H31N3O2. The van der Waals surface area contributed by atoms with Crippen molar-refractivity contribution in [1.29, 1.82) is 0 Å². The minimum atomic E-state index is -0.0749. The lowest BCUT2D eigenvalue weighted by Crippen LogP contribution is -2.44. The highest BCUT2D eigenvalue weighted by Gasteiger charge is 2.47. The third kappa shape index (κ3) is 3.67. The van der Waals surface area contributed by atoms with Gasteiger partial charge in [0, 0.05) is 12.6 Å². The van der Waals surface area contributed by atoms with Gasteiger partial charge in [0.25, 0.3) is 0 Å². The minimum absolute atomic E-state index is 0.0749. The molecule has 0 aromatic heterocycles. The van der Waals surface area contributed by atoms with E-state index in [-0.39, 0.29) is 5.41 Å². The average molecular weight is 406 g/mol. The zero-order chi connectivity index (χ0) is 20.4. The Morgan fingerprint density at radius 1 is 0.967 bits per heavy atom. The predicted octanol–water partition coefficient (Wildman–Crippen LogP) is 4.55. The molecule has 2 aromatic carbocycles. The van der Waals surface area contributed by atoms with E-state index < -0.39 is 0 Å². The number of benzene rings is 2. The normalized spacial score (nSPS) is 19.4. The van der Waals surface area contributed by atoms with Crippen LogP contribution in [0.3, 0.4) is 0 Å². The minimum Gasteiger partial charge on any atom is -0.490 e. The smallest absolute Gasteiger partial charge is 0.163 e. The number of rotatable bonds is 8. The molecule has 5 rings (SSSR count). The summed E-state index contributed by atoms with van der Waals surface area (Å²) in [6.07, 6.45) is 7.01. The molecule has 30 heavy (non-hydrogen) atoms. The summed E-state index contributed by atoms with van der Waals surface area (Å²) in [5.74, 6) is 2.33. The number of aliphatic imine (C=N–C) groups is 1. The molecule has 0 radical (unpaired) electrons. The monoisotopic (exact) mass is 405 g/mol. The molecule has 0 amide bonds. The van der Waals surface area contributed by atoms with Gasteiger partial charge in [-0.05, 0) is 62.4 Å². The summed E-state index contributed by atoms with van der Waals surface area (Å²) in [5, 5.41) is 0. The van der Waals surface area contributed by atoms with Crippen LogP contribution in [-0.4, -0.2) is 37.0 Å². The van der Waals surface area contributed by atoms with E-state index in [1.807, 2.05) is 24.3 Å². The summed E-state index contributed by atoms with van der Waals surface area (Å²) in [7, 11) is 0. The van der Waals surface area contributed by atoms with Gasteiger partial charge in [-0.25, -0.2) is 4.99 Å². The number of nitrogens with zero attached hydrogens (tertiary/aromatic N) is 2. The van der Waals surface area contributed by atoms with Gasteiger partial charge in [-0.1, -0.05) is 36.8 Å². The number of hydrogen-bond acceptors (Lipinski definition) is 5. The molecule has 2 aromatic rings. The third-order valence-corrected chi connectivity index (χ3v) is 6.83. The fourth-order valence-corrected chi connectivity index (χ4v) is 4.89. The molecular weight excluding hydrogens is 374 g/mol. The second-order valence-electron chi connectivity index (χ2n) is 8.77. The highest BCUT2D eigenvalue weighted by atomic mass is 16.5. The number of fused-ring (bicyclic) bond motifs is 2. The number of ether oxygens (including phenoxy) is 2. The van der Waals surface area contributed by atoms with E-state index in [1.165, 1.54) is 37.9 Å². The summed E-state index contributed by atoms with van der Waals surface area (Å²) in [5.41, 5.74) is 9.58. The van der Waals surface area contributed by atoms with Crippen molar-refractivity contribution in [1.82, 2.24) is 4.90 Å².